The van der Waals surface area contributed by atoms with Crippen molar-refractivity contribution in [2.45, 2.75) is 90.3 Å². The van der Waals surface area contributed by atoms with Gasteiger partial charge in [0.1, 0.15) is 0 Å². The van der Waals surface area contributed by atoms with Crippen LogP contribution in [0.5, 0.6) is 0 Å². The van der Waals surface area contributed by atoms with Crippen LogP contribution in [0, 0.1) is 5.41 Å². The van der Waals surface area contributed by atoms with Gasteiger partial charge in [0.2, 0.25) is 0 Å². The Morgan fingerprint density at radius 3 is 2.61 bits per heavy atom. The van der Waals surface area contributed by atoms with Crippen LogP contribution in [0.1, 0.15) is 72.1 Å². The van der Waals surface area contributed by atoms with E-state index in [0.29, 0.717) is 11.5 Å². The lowest BCUT2D eigenvalue weighted by atomic mass is 9.73. The van der Waals surface area contributed by atoms with Crippen LogP contribution in [-0.2, 0) is 0 Å². The SMILES string of the molecule is CC(CC1CCCCN1)NC1CCCCC1(C)C. The zero-order valence-electron chi connectivity index (χ0n) is 12.6. The van der Waals surface area contributed by atoms with Crippen molar-refractivity contribution in [1.82, 2.24) is 10.6 Å². The predicted molar refractivity (Wildman–Crippen MR) is 78.9 cm³/mol. The number of rotatable bonds is 4. The monoisotopic (exact) mass is 252 g/mol. The molecule has 0 aromatic heterocycles. The first-order valence-electron chi connectivity index (χ1n) is 8.07. The third kappa shape index (κ3) is 3.96. The van der Waals surface area contributed by atoms with E-state index in [1.54, 1.807) is 0 Å². The molecule has 2 fully saturated rings. The van der Waals surface area contributed by atoms with E-state index in [2.05, 4.69) is 31.4 Å². The molecule has 1 saturated carbocycles. The molecule has 1 aliphatic heterocycles. The molecule has 1 aliphatic carbocycles. The lowest BCUT2D eigenvalue weighted by Gasteiger charge is -2.41. The lowest BCUT2D eigenvalue weighted by Crippen LogP contribution is -2.49. The summed E-state index contributed by atoms with van der Waals surface area (Å²) < 4.78 is 0. The maximum atomic E-state index is 3.92. The molecule has 2 N–H and O–H groups in total. The fraction of sp³-hybridized carbons (Fsp3) is 1.00. The normalized spacial score (nSPS) is 34.2. The van der Waals surface area contributed by atoms with Gasteiger partial charge in [-0.3, -0.25) is 0 Å². The van der Waals surface area contributed by atoms with E-state index >= 15 is 0 Å². The van der Waals surface area contributed by atoms with Crippen molar-refractivity contribution in [2.24, 2.45) is 5.41 Å². The smallest absolute Gasteiger partial charge is 0.0121 e. The Morgan fingerprint density at radius 1 is 1.17 bits per heavy atom. The highest BCUT2D eigenvalue weighted by molar-refractivity contribution is 4.90. The van der Waals surface area contributed by atoms with Gasteiger partial charge in [0.25, 0.3) is 0 Å². The molecule has 0 aromatic carbocycles. The molecule has 2 rings (SSSR count). The van der Waals surface area contributed by atoms with Crippen LogP contribution >= 0.6 is 0 Å². The molecule has 0 bridgehead atoms. The number of hydrogen-bond acceptors (Lipinski definition) is 2. The molecular weight excluding hydrogens is 220 g/mol. The van der Waals surface area contributed by atoms with E-state index in [9.17, 15) is 0 Å². The summed E-state index contributed by atoms with van der Waals surface area (Å²) in [6.45, 7) is 8.48. The summed E-state index contributed by atoms with van der Waals surface area (Å²) in [6, 6.07) is 2.14. The van der Waals surface area contributed by atoms with Crippen LogP contribution in [0.15, 0.2) is 0 Å². The summed E-state index contributed by atoms with van der Waals surface area (Å²) in [5.74, 6) is 0. The highest BCUT2D eigenvalue weighted by Gasteiger charge is 2.32. The Kier molecular flexibility index (Phi) is 5.08. The average Bonchev–Trinajstić information content (AvgIpc) is 2.33. The Balaban J connectivity index is 1.77. The van der Waals surface area contributed by atoms with Gasteiger partial charge in [0, 0.05) is 18.1 Å². The van der Waals surface area contributed by atoms with E-state index in [1.807, 2.05) is 0 Å². The maximum absolute atomic E-state index is 3.92. The van der Waals surface area contributed by atoms with Gasteiger partial charge in [0.05, 0.1) is 0 Å². The second kappa shape index (κ2) is 6.38. The van der Waals surface area contributed by atoms with Gasteiger partial charge in [-0.15, -0.1) is 0 Å². The van der Waals surface area contributed by atoms with E-state index in [0.717, 1.165) is 12.1 Å². The van der Waals surface area contributed by atoms with Crippen molar-refractivity contribution in [2.75, 3.05) is 6.54 Å². The van der Waals surface area contributed by atoms with Crippen LogP contribution in [0.2, 0.25) is 0 Å². The average molecular weight is 252 g/mol. The van der Waals surface area contributed by atoms with Crippen molar-refractivity contribution in [3.05, 3.63) is 0 Å². The van der Waals surface area contributed by atoms with E-state index in [-0.39, 0.29) is 0 Å². The first-order valence-corrected chi connectivity index (χ1v) is 8.07. The molecule has 18 heavy (non-hydrogen) atoms. The fourth-order valence-electron chi connectivity index (χ4n) is 3.77. The molecule has 3 atom stereocenters. The van der Waals surface area contributed by atoms with Crippen LogP contribution in [-0.4, -0.2) is 24.7 Å². The lowest BCUT2D eigenvalue weighted by molar-refractivity contribution is 0.152. The summed E-state index contributed by atoms with van der Waals surface area (Å²) in [5.41, 5.74) is 0.493. The third-order valence-corrected chi connectivity index (χ3v) is 5.04. The molecule has 0 amide bonds. The van der Waals surface area contributed by atoms with Crippen LogP contribution in [0.4, 0.5) is 0 Å². The molecule has 3 unspecified atom stereocenters. The molecule has 0 radical (unpaired) electrons. The Morgan fingerprint density at radius 2 is 1.94 bits per heavy atom. The number of nitrogens with one attached hydrogen (secondary N) is 2. The molecule has 0 aromatic rings. The summed E-state index contributed by atoms with van der Waals surface area (Å²) in [4.78, 5) is 0. The van der Waals surface area contributed by atoms with Gasteiger partial charge >= 0.3 is 0 Å². The zero-order valence-corrected chi connectivity index (χ0v) is 12.6. The van der Waals surface area contributed by atoms with Gasteiger partial charge in [0.15, 0.2) is 0 Å². The van der Waals surface area contributed by atoms with Crippen molar-refractivity contribution >= 4 is 0 Å². The van der Waals surface area contributed by atoms with Crippen LogP contribution in [0.25, 0.3) is 0 Å². The zero-order chi connectivity index (χ0) is 13.0. The first kappa shape index (κ1) is 14.3. The van der Waals surface area contributed by atoms with Crippen LogP contribution < -0.4 is 10.6 Å². The summed E-state index contributed by atoms with van der Waals surface area (Å²) in [5, 5.41) is 7.58. The summed E-state index contributed by atoms with van der Waals surface area (Å²) in [6.07, 6.45) is 11.0. The van der Waals surface area contributed by atoms with E-state index in [4.69, 9.17) is 0 Å². The van der Waals surface area contributed by atoms with Crippen molar-refractivity contribution in [3.63, 3.8) is 0 Å². The highest BCUT2D eigenvalue weighted by Crippen LogP contribution is 2.35. The van der Waals surface area contributed by atoms with Crippen molar-refractivity contribution in [1.29, 1.82) is 0 Å². The largest absolute Gasteiger partial charge is 0.314 e. The third-order valence-electron chi connectivity index (χ3n) is 5.04. The summed E-state index contributed by atoms with van der Waals surface area (Å²) >= 11 is 0. The Bertz CT molecular complexity index is 243. The molecule has 106 valence electrons. The van der Waals surface area contributed by atoms with Gasteiger partial charge in [-0.1, -0.05) is 33.1 Å². The number of hydrogen-bond donors (Lipinski definition) is 2. The van der Waals surface area contributed by atoms with Gasteiger partial charge in [-0.25, -0.2) is 0 Å². The first-order chi connectivity index (χ1) is 8.58. The molecule has 2 aliphatic rings. The standard InChI is InChI=1S/C16H32N2/c1-13(12-14-8-5-7-11-17-14)18-15-9-4-6-10-16(15,2)3/h13-15,17-18H,4-12H2,1-3H3. The molecular formula is C16H32N2. The van der Waals surface area contributed by atoms with Gasteiger partial charge in [-0.05, 0) is 51.0 Å². The molecule has 0 spiro atoms. The molecule has 1 saturated heterocycles. The highest BCUT2D eigenvalue weighted by atomic mass is 15.0. The molecule has 2 nitrogen and oxygen atoms in total. The Hall–Kier alpha value is -0.0800. The van der Waals surface area contributed by atoms with Gasteiger partial charge in [-0.2, -0.15) is 0 Å². The predicted octanol–water partition coefficient (Wildman–Crippen LogP) is 3.47. The fourth-order valence-corrected chi connectivity index (χ4v) is 3.77. The second-order valence-corrected chi connectivity index (χ2v) is 7.24. The minimum Gasteiger partial charge on any atom is -0.314 e. The van der Waals surface area contributed by atoms with E-state index in [1.165, 1.54) is 57.9 Å². The quantitative estimate of drug-likeness (QED) is 0.800. The Labute approximate surface area is 113 Å². The molecule has 1 heterocycles. The topological polar surface area (TPSA) is 24.1 Å². The van der Waals surface area contributed by atoms with Gasteiger partial charge < -0.3 is 10.6 Å². The maximum Gasteiger partial charge on any atom is 0.0121 e. The second-order valence-electron chi connectivity index (χ2n) is 7.24. The minimum atomic E-state index is 0.493. The van der Waals surface area contributed by atoms with Crippen molar-refractivity contribution in [3.8, 4) is 0 Å². The molecule has 2 heteroatoms. The van der Waals surface area contributed by atoms with Crippen molar-refractivity contribution < 1.29 is 0 Å². The minimum absolute atomic E-state index is 0.493. The number of piperidine rings is 1. The van der Waals surface area contributed by atoms with E-state index < -0.39 is 0 Å². The summed E-state index contributed by atoms with van der Waals surface area (Å²) in [7, 11) is 0. The van der Waals surface area contributed by atoms with Crippen LogP contribution in [0.3, 0.4) is 0 Å².